The Hall–Kier alpha value is -2.27. The van der Waals surface area contributed by atoms with E-state index < -0.39 is 10.0 Å². The molecule has 2 unspecified atom stereocenters. The number of fused-ring (bicyclic) bond motifs is 3. The van der Waals surface area contributed by atoms with Gasteiger partial charge in [0, 0.05) is 43.3 Å². The highest BCUT2D eigenvalue weighted by Gasteiger charge is 2.48. The first kappa shape index (κ1) is 20.6. The Morgan fingerprint density at radius 3 is 2.71 bits per heavy atom. The number of hydrogen-bond acceptors (Lipinski definition) is 7. The van der Waals surface area contributed by atoms with Gasteiger partial charge in [0.1, 0.15) is 4.91 Å². The molecule has 1 amide bonds. The molecule has 164 valence electrons. The second-order valence-corrected chi connectivity index (χ2v) is 10.8. The number of aryl methyl sites for hydroxylation is 1. The molecular formula is C21H25N5O3S2. The molecule has 0 aliphatic carbocycles. The molecule has 2 N–H and O–H groups in total. The fraction of sp³-hybridized carbons (Fsp3) is 0.381. The highest BCUT2D eigenvalue weighted by atomic mass is 32.2. The van der Waals surface area contributed by atoms with Crippen molar-refractivity contribution in [1.29, 1.82) is 0 Å². The maximum absolute atomic E-state index is 13.6. The fourth-order valence-corrected chi connectivity index (χ4v) is 7.49. The summed E-state index contributed by atoms with van der Waals surface area (Å²) in [6.45, 7) is 3.36. The van der Waals surface area contributed by atoms with E-state index in [1.807, 2.05) is 41.7 Å². The monoisotopic (exact) mass is 459 g/mol. The molecule has 10 heteroatoms. The summed E-state index contributed by atoms with van der Waals surface area (Å²) in [6.07, 6.45) is 8.64. The lowest BCUT2D eigenvalue weighted by Crippen LogP contribution is -2.57. The third-order valence-electron chi connectivity index (χ3n) is 6.14. The van der Waals surface area contributed by atoms with Crippen molar-refractivity contribution in [3.05, 3.63) is 65.0 Å². The van der Waals surface area contributed by atoms with Crippen LogP contribution in [0.25, 0.3) is 0 Å². The zero-order chi connectivity index (χ0) is 21.6. The number of carbonyl (C=O) groups excluding carboxylic acids is 1. The number of benzene rings is 1. The Morgan fingerprint density at radius 1 is 1.23 bits per heavy atom. The first-order valence-electron chi connectivity index (χ1n) is 10.4. The number of nitrogens with one attached hydrogen (secondary N) is 2. The highest BCUT2D eigenvalue weighted by molar-refractivity contribution is 7.96. The summed E-state index contributed by atoms with van der Waals surface area (Å²) in [6, 6.07) is 7.47. The molecule has 0 radical (unpaired) electrons. The summed E-state index contributed by atoms with van der Waals surface area (Å²) in [4.78, 5) is 15.0. The van der Waals surface area contributed by atoms with Gasteiger partial charge in [-0.2, -0.15) is 4.31 Å². The first-order chi connectivity index (χ1) is 14.9. The first-order valence-corrected chi connectivity index (χ1v) is 12.6. The average molecular weight is 460 g/mol. The topological polar surface area (TPSA) is 85.0 Å². The van der Waals surface area contributed by atoms with Gasteiger partial charge in [0.25, 0.3) is 0 Å². The van der Waals surface area contributed by atoms with Crippen LogP contribution in [-0.4, -0.2) is 59.6 Å². The van der Waals surface area contributed by atoms with Gasteiger partial charge in [-0.15, -0.1) is 0 Å². The normalized spacial score (nSPS) is 25.6. The predicted molar refractivity (Wildman–Crippen MR) is 122 cm³/mol. The van der Waals surface area contributed by atoms with E-state index in [0.717, 1.165) is 24.1 Å². The molecule has 2 bridgehead atoms. The van der Waals surface area contributed by atoms with E-state index in [-0.39, 0.29) is 24.5 Å². The molecule has 0 spiro atoms. The number of rotatable bonds is 5. The van der Waals surface area contributed by atoms with Gasteiger partial charge in [-0.3, -0.25) is 14.0 Å². The van der Waals surface area contributed by atoms with Crippen LogP contribution in [0.1, 0.15) is 18.4 Å². The molecule has 4 aliphatic rings. The van der Waals surface area contributed by atoms with Crippen molar-refractivity contribution in [3.63, 3.8) is 0 Å². The van der Waals surface area contributed by atoms with Crippen LogP contribution in [0.15, 0.2) is 59.4 Å². The van der Waals surface area contributed by atoms with E-state index in [1.165, 1.54) is 12.1 Å². The van der Waals surface area contributed by atoms with E-state index in [1.54, 1.807) is 22.7 Å². The largest absolute Gasteiger partial charge is 0.325 e. The maximum Gasteiger partial charge on any atom is 0.245 e. The molecule has 5 rings (SSSR count). The number of piperazine rings is 1. The smallest absolute Gasteiger partial charge is 0.245 e. The Kier molecular flexibility index (Phi) is 5.33. The van der Waals surface area contributed by atoms with Crippen molar-refractivity contribution < 1.29 is 13.2 Å². The van der Waals surface area contributed by atoms with E-state index in [0.29, 0.717) is 23.7 Å². The quantitative estimate of drug-likeness (QED) is 0.653. The number of allylic oxidation sites excluding steroid dienone is 2. The molecule has 2 atom stereocenters. The number of amides is 1. The predicted octanol–water partition coefficient (Wildman–Crippen LogP) is 2.13. The van der Waals surface area contributed by atoms with Crippen molar-refractivity contribution in [2.24, 2.45) is 0 Å². The van der Waals surface area contributed by atoms with Crippen molar-refractivity contribution >= 4 is 33.8 Å². The number of anilines is 1. The highest BCUT2D eigenvalue weighted by Crippen LogP contribution is 2.40. The molecule has 2 saturated heterocycles. The van der Waals surface area contributed by atoms with Crippen LogP contribution >= 0.6 is 12.1 Å². The van der Waals surface area contributed by atoms with Gasteiger partial charge in [0.15, 0.2) is 0 Å². The number of sulfonamides is 1. The molecule has 8 nitrogen and oxygen atoms in total. The Labute approximate surface area is 187 Å². The molecule has 2 fully saturated rings. The summed E-state index contributed by atoms with van der Waals surface area (Å²) in [5, 5.41) is 2.97. The van der Waals surface area contributed by atoms with Crippen molar-refractivity contribution in [2.75, 3.05) is 25.0 Å². The number of carbonyl (C=O) groups is 1. The lowest BCUT2D eigenvalue weighted by molar-refractivity contribution is -0.117. The molecule has 31 heavy (non-hydrogen) atoms. The van der Waals surface area contributed by atoms with Crippen LogP contribution < -0.4 is 10.0 Å². The van der Waals surface area contributed by atoms with Gasteiger partial charge < -0.3 is 10.0 Å². The van der Waals surface area contributed by atoms with Gasteiger partial charge in [0.2, 0.25) is 15.9 Å². The van der Waals surface area contributed by atoms with Crippen LogP contribution in [0.2, 0.25) is 0 Å². The summed E-state index contributed by atoms with van der Waals surface area (Å²) in [7, 11) is -3.63. The molecule has 4 aliphatic heterocycles. The van der Waals surface area contributed by atoms with Gasteiger partial charge >= 0.3 is 0 Å². The minimum Gasteiger partial charge on any atom is -0.325 e. The minimum absolute atomic E-state index is 0.0695. The van der Waals surface area contributed by atoms with E-state index >= 15 is 0 Å². The Bertz CT molecular complexity index is 1080. The van der Waals surface area contributed by atoms with Gasteiger partial charge in [-0.05, 0) is 43.5 Å². The van der Waals surface area contributed by atoms with Crippen LogP contribution in [0, 0.1) is 6.92 Å². The second-order valence-electron chi connectivity index (χ2n) is 8.21. The van der Waals surface area contributed by atoms with Crippen molar-refractivity contribution in [3.8, 4) is 0 Å². The standard InChI is InChI=1S/C21H25N5O3S2/c1-15-5-2-3-6-18(15)23-21(27)14-24-12-16-8-9-17(13-24)26(16)31(28,29)20-7-4-10-25-19(20)11-22-30-25/h2-7,10-11,16-17,22H,8-9,12-14H2,1H3,(H,23,27). The zero-order valence-electron chi connectivity index (χ0n) is 17.2. The SMILES string of the molecule is Cc1ccccc1NC(=O)CN1CC2CCC(C1)N2S(=O)(=O)C1=CC=CN2SNC=C12. The minimum atomic E-state index is -3.63. The van der Waals surface area contributed by atoms with Crippen molar-refractivity contribution in [2.45, 2.75) is 31.8 Å². The van der Waals surface area contributed by atoms with E-state index in [9.17, 15) is 13.2 Å². The molecule has 0 aromatic heterocycles. The fourth-order valence-electron chi connectivity index (χ4n) is 4.75. The molecule has 0 saturated carbocycles. The maximum atomic E-state index is 13.6. The van der Waals surface area contributed by atoms with Gasteiger partial charge in [-0.1, -0.05) is 18.2 Å². The lowest BCUT2D eigenvalue weighted by atomic mass is 10.2. The summed E-state index contributed by atoms with van der Waals surface area (Å²) in [5.41, 5.74) is 2.49. The van der Waals surface area contributed by atoms with E-state index in [2.05, 4.69) is 14.9 Å². The van der Waals surface area contributed by atoms with Crippen LogP contribution in [0.5, 0.6) is 0 Å². The van der Waals surface area contributed by atoms with E-state index in [4.69, 9.17) is 0 Å². The summed E-state index contributed by atoms with van der Waals surface area (Å²) < 4.78 is 33.7. The third kappa shape index (κ3) is 3.78. The van der Waals surface area contributed by atoms with Gasteiger partial charge in [0.05, 0.1) is 24.4 Å². The zero-order valence-corrected chi connectivity index (χ0v) is 18.8. The number of likely N-dealkylation sites (tertiary alicyclic amines) is 1. The molecule has 4 heterocycles. The number of hydrogen-bond donors (Lipinski definition) is 2. The summed E-state index contributed by atoms with van der Waals surface area (Å²) in [5.74, 6) is -0.0695. The van der Waals surface area contributed by atoms with Crippen LogP contribution in [0.3, 0.4) is 0 Å². The number of nitrogens with zero attached hydrogens (tertiary/aromatic N) is 3. The molecule has 1 aromatic carbocycles. The molecule has 1 aromatic rings. The number of para-hydroxylation sites is 1. The van der Waals surface area contributed by atoms with Crippen LogP contribution in [0.4, 0.5) is 5.69 Å². The average Bonchev–Trinajstić information content (AvgIpc) is 3.32. The van der Waals surface area contributed by atoms with Gasteiger partial charge in [-0.25, -0.2) is 8.42 Å². The Morgan fingerprint density at radius 2 is 1.97 bits per heavy atom. The molecular weight excluding hydrogens is 434 g/mol. The second kappa shape index (κ2) is 8.01. The Balaban J connectivity index is 1.28. The van der Waals surface area contributed by atoms with Crippen LogP contribution in [-0.2, 0) is 14.8 Å². The summed E-state index contributed by atoms with van der Waals surface area (Å²) >= 11 is 1.35. The van der Waals surface area contributed by atoms with Crippen molar-refractivity contribution in [1.82, 2.24) is 18.2 Å². The third-order valence-corrected chi connectivity index (χ3v) is 8.93. The lowest BCUT2D eigenvalue weighted by Gasteiger charge is -2.40.